The molecule has 0 saturated heterocycles. The van der Waals surface area contributed by atoms with Crippen molar-refractivity contribution in [3.63, 3.8) is 0 Å². The van der Waals surface area contributed by atoms with Crippen LogP contribution >= 0.6 is 22.7 Å². The van der Waals surface area contributed by atoms with Crippen molar-refractivity contribution in [1.29, 1.82) is 0 Å². The highest BCUT2D eigenvalue weighted by molar-refractivity contribution is 7.22. The molecule has 0 atom stereocenters. The highest BCUT2D eigenvalue weighted by Gasteiger charge is 2.06. The van der Waals surface area contributed by atoms with Crippen LogP contribution in [0.5, 0.6) is 0 Å². The molecule has 0 spiro atoms. The molecule has 2 aromatic heterocycles. The van der Waals surface area contributed by atoms with Gasteiger partial charge in [0.25, 0.3) is 0 Å². The zero-order chi connectivity index (χ0) is 13.7. The van der Waals surface area contributed by atoms with Gasteiger partial charge in [0.2, 0.25) is 0 Å². The number of aromatic nitrogens is 2. The maximum atomic E-state index is 5.74. The molecule has 4 rings (SSSR count). The van der Waals surface area contributed by atoms with Gasteiger partial charge >= 0.3 is 0 Å². The van der Waals surface area contributed by atoms with E-state index in [2.05, 4.69) is 34.2 Å². The van der Waals surface area contributed by atoms with Crippen LogP contribution in [0, 0.1) is 0 Å². The number of fused-ring (bicyclic) bond motifs is 2. The van der Waals surface area contributed by atoms with E-state index in [9.17, 15) is 0 Å². The van der Waals surface area contributed by atoms with Gasteiger partial charge in [-0.1, -0.05) is 34.8 Å². The molecular formula is C14H10N4S2. The number of anilines is 2. The molecule has 2 heterocycles. The normalized spacial score (nSPS) is 11.4. The van der Waals surface area contributed by atoms with Gasteiger partial charge in [-0.25, -0.2) is 9.97 Å². The standard InChI is InChI=1S/C14H10N4S2/c15-13-17-9-3-1-7(5-11(9)19-13)8-2-4-10-12(6-8)20-14(16)18-10/h1-6H,(H2,15,17)(H2,16,18). The highest BCUT2D eigenvalue weighted by atomic mass is 32.1. The number of rotatable bonds is 1. The summed E-state index contributed by atoms with van der Waals surface area (Å²) in [7, 11) is 0. The molecule has 4 nitrogen and oxygen atoms in total. The maximum Gasteiger partial charge on any atom is 0.181 e. The summed E-state index contributed by atoms with van der Waals surface area (Å²) in [5.74, 6) is 0. The van der Waals surface area contributed by atoms with Crippen molar-refractivity contribution in [3.8, 4) is 11.1 Å². The van der Waals surface area contributed by atoms with E-state index in [-0.39, 0.29) is 0 Å². The van der Waals surface area contributed by atoms with E-state index in [0.29, 0.717) is 10.3 Å². The van der Waals surface area contributed by atoms with E-state index in [4.69, 9.17) is 11.5 Å². The largest absolute Gasteiger partial charge is 0.375 e. The minimum atomic E-state index is 0.600. The molecule has 0 bridgehead atoms. The Bertz CT molecular complexity index is 861. The van der Waals surface area contributed by atoms with Crippen molar-refractivity contribution in [3.05, 3.63) is 36.4 Å². The molecule has 98 valence electrons. The van der Waals surface area contributed by atoms with Crippen molar-refractivity contribution < 1.29 is 0 Å². The third-order valence-corrected chi connectivity index (χ3v) is 4.84. The van der Waals surface area contributed by atoms with E-state index >= 15 is 0 Å². The average molecular weight is 298 g/mol. The fourth-order valence-corrected chi connectivity index (χ4v) is 3.79. The second-order valence-corrected chi connectivity index (χ2v) is 6.59. The Morgan fingerprint density at radius 2 is 1.15 bits per heavy atom. The van der Waals surface area contributed by atoms with Crippen molar-refractivity contribution in [2.75, 3.05) is 11.5 Å². The lowest BCUT2D eigenvalue weighted by Crippen LogP contribution is -1.80. The Morgan fingerprint density at radius 3 is 1.60 bits per heavy atom. The summed E-state index contributed by atoms with van der Waals surface area (Å²) in [5.41, 5.74) is 15.7. The fourth-order valence-electron chi connectivity index (χ4n) is 2.24. The number of nitrogens with zero attached hydrogens (tertiary/aromatic N) is 2. The molecule has 0 aliphatic heterocycles. The van der Waals surface area contributed by atoms with Crippen molar-refractivity contribution in [2.45, 2.75) is 0 Å². The van der Waals surface area contributed by atoms with Crippen LogP contribution in [0.1, 0.15) is 0 Å². The summed E-state index contributed by atoms with van der Waals surface area (Å²) >= 11 is 3.01. The van der Waals surface area contributed by atoms with Crippen LogP contribution in [0.2, 0.25) is 0 Å². The lowest BCUT2D eigenvalue weighted by atomic mass is 10.1. The third kappa shape index (κ3) is 1.81. The number of benzene rings is 2. The van der Waals surface area contributed by atoms with Crippen LogP contribution in [-0.2, 0) is 0 Å². The van der Waals surface area contributed by atoms with Gasteiger partial charge in [0.1, 0.15) is 0 Å². The lowest BCUT2D eigenvalue weighted by molar-refractivity contribution is 1.49. The first kappa shape index (κ1) is 11.6. The van der Waals surface area contributed by atoms with E-state index < -0.39 is 0 Å². The molecule has 0 aliphatic rings. The van der Waals surface area contributed by atoms with Crippen molar-refractivity contribution in [2.24, 2.45) is 0 Å². The fraction of sp³-hybridized carbons (Fsp3) is 0. The quantitative estimate of drug-likeness (QED) is 0.561. The predicted octanol–water partition coefficient (Wildman–Crippen LogP) is 3.74. The summed E-state index contributed by atoms with van der Waals surface area (Å²) < 4.78 is 2.20. The molecule has 0 radical (unpaired) electrons. The smallest absolute Gasteiger partial charge is 0.181 e. The molecule has 2 aromatic carbocycles. The van der Waals surface area contributed by atoms with Gasteiger partial charge in [-0.3, -0.25) is 0 Å². The molecule has 4 aromatic rings. The first-order chi connectivity index (χ1) is 9.69. The molecule has 0 amide bonds. The Morgan fingerprint density at radius 1 is 0.700 bits per heavy atom. The topological polar surface area (TPSA) is 77.8 Å². The number of nitrogen functional groups attached to an aromatic ring is 2. The summed E-state index contributed by atoms with van der Waals surface area (Å²) in [5, 5.41) is 1.20. The second kappa shape index (κ2) is 4.16. The Kier molecular flexibility index (Phi) is 2.42. The van der Waals surface area contributed by atoms with Gasteiger partial charge < -0.3 is 11.5 Å². The Hall–Kier alpha value is -2.18. The zero-order valence-corrected chi connectivity index (χ0v) is 12.0. The van der Waals surface area contributed by atoms with Crippen LogP contribution in [0.25, 0.3) is 31.6 Å². The molecule has 0 fully saturated rings. The summed E-state index contributed by atoms with van der Waals surface area (Å²) in [6.07, 6.45) is 0. The monoisotopic (exact) mass is 298 g/mol. The molecule has 6 heteroatoms. The molecule has 0 unspecified atom stereocenters. The molecule has 20 heavy (non-hydrogen) atoms. The predicted molar refractivity (Wildman–Crippen MR) is 87.1 cm³/mol. The average Bonchev–Trinajstić information content (AvgIpc) is 2.97. The lowest BCUT2D eigenvalue weighted by Gasteiger charge is -2.01. The van der Waals surface area contributed by atoms with Crippen LogP contribution in [0.3, 0.4) is 0 Å². The zero-order valence-electron chi connectivity index (χ0n) is 10.3. The minimum absolute atomic E-state index is 0.600. The van der Waals surface area contributed by atoms with E-state index in [1.54, 1.807) is 0 Å². The third-order valence-electron chi connectivity index (χ3n) is 3.14. The van der Waals surface area contributed by atoms with Crippen molar-refractivity contribution >= 4 is 53.4 Å². The number of thiazole rings is 2. The number of hydrogen-bond acceptors (Lipinski definition) is 6. The highest BCUT2D eigenvalue weighted by Crippen LogP contribution is 2.32. The maximum absolute atomic E-state index is 5.74. The van der Waals surface area contributed by atoms with Crippen LogP contribution in [-0.4, -0.2) is 9.97 Å². The number of hydrogen-bond donors (Lipinski definition) is 2. The Balaban J connectivity index is 1.90. The summed E-state index contributed by atoms with van der Waals surface area (Å²) in [6, 6.07) is 12.4. The molecule has 4 N–H and O–H groups in total. The summed E-state index contributed by atoms with van der Waals surface area (Å²) in [4.78, 5) is 8.55. The van der Waals surface area contributed by atoms with Crippen LogP contribution in [0.4, 0.5) is 10.3 Å². The van der Waals surface area contributed by atoms with E-state index in [1.165, 1.54) is 22.7 Å². The van der Waals surface area contributed by atoms with Gasteiger partial charge in [-0.2, -0.15) is 0 Å². The Labute approximate surface area is 122 Å². The molecule has 0 aliphatic carbocycles. The molecule has 0 saturated carbocycles. The van der Waals surface area contributed by atoms with Gasteiger partial charge in [0, 0.05) is 0 Å². The first-order valence-electron chi connectivity index (χ1n) is 6.01. The van der Waals surface area contributed by atoms with E-state index in [0.717, 1.165) is 31.6 Å². The van der Waals surface area contributed by atoms with E-state index in [1.807, 2.05) is 12.1 Å². The second-order valence-electron chi connectivity index (χ2n) is 4.47. The van der Waals surface area contributed by atoms with Gasteiger partial charge in [0.15, 0.2) is 10.3 Å². The summed E-state index contributed by atoms with van der Waals surface area (Å²) in [6.45, 7) is 0. The van der Waals surface area contributed by atoms with Gasteiger partial charge in [0.05, 0.1) is 20.4 Å². The SMILES string of the molecule is Nc1nc2ccc(-c3ccc4nc(N)sc4c3)cc2s1. The van der Waals surface area contributed by atoms with Crippen LogP contribution in [0.15, 0.2) is 36.4 Å². The van der Waals surface area contributed by atoms with Crippen LogP contribution < -0.4 is 11.5 Å². The van der Waals surface area contributed by atoms with Gasteiger partial charge in [-0.05, 0) is 35.4 Å². The van der Waals surface area contributed by atoms with Crippen molar-refractivity contribution in [1.82, 2.24) is 9.97 Å². The first-order valence-corrected chi connectivity index (χ1v) is 7.65. The van der Waals surface area contributed by atoms with Gasteiger partial charge in [-0.15, -0.1) is 0 Å². The minimum Gasteiger partial charge on any atom is -0.375 e. The number of nitrogens with two attached hydrogens (primary N) is 2. The molecular weight excluding hydrogens is 288 g/mol.